The van der Waals surface area contributed by atoms with Crippen molar-refractivity contribution >= 4 is 23.0 Å². The van der Waals surface area contributed by atoms with Crippen LogP contribution in [0.2, 0.25) is 0 Å². The number of hydrogen-bond acceptors (Lipinski definition) is 5. The molecule has 0 saturated carbocycles. The van der Waals surface area contributed by atoms with Crippen LogP contribution >= 0.6 is 0 Å². The van der Waals surface area contributed by atoms with E-state index in [2.05, 4.69) is 33.2 Å². The first-order chi connectivity index (χ1) is 10.3. The number of rotatable bonds is 3. The van der Waals surface area contributed by atoms with E-state index in [-0.39, 0.29) is 0 Å². The summed E-state index contributed by atoms with van der Waals surface area (Å²) < 4.78 is 0. The average molecular weight is 283 g/mol. The quantitative estimate of drug-likeness (QED) is 0.906. The van der Waals surface area contributed by atoms with Crippen LogP contribution in [0.25, 0.3) is 0 Å². The van der Waals surface area contributed by atoms with Crippen molar-refractivity contribution in [2.75, 3.05) is 29.0 Å². The number of nitrogen functional groups attached to an aromatic ring is 1. The summed E-state index contributed by atoms with van der Waals surface area (Å²) in [6, 6.07) is 8.10. The Morgan fingerprint density at radius 3 is 2.62 bits per heavy atom. The van der Waals surface area contributed by atoms with Crippen molar-refractivity contribution in [1.29, 1.82) is 0 Å². The van der Waals surface area contributed by atoms with Crippen molar-refractivity contribution in [3.8, 4) is 0 Å². The molecule has 0 unspecified atom stereocenters. The molecule has 1 aromatic heterocycles. The number of hydrogen-bond donors (Lipinski definition) is 2. The van der Waals surface area contributed by atoms with Gasteiger partial charge in [-0.15, -0.1) is 0 Å². The summed E-state index contributed by atoms with van der Waals surface area (Å²) in [6.45, 7) is 4.10. The number of benzene rings is 1. The number of aromatic nitrogens is 2. The largest absolute Gasteiger partial charge is 0.393 e. The lowest BCUT2D eigenvalue weighted by Gasteiger charge is -2.29. The van der Waals surface area contributed by atoms with Crippen molar-refractivity contribution < 1.29 is 0 Å². The lowest BCUT2D eigenvalue weighted by Crippen LogP contribution is -2.31. The van der Waals surface area contributed by atoms with E-state index in [4.69, 9.17) is 5.73 Å². The van der Waals surface area contributed by atoms with Gasteiger partial charge >= 0.3 is 0 Å². The Labute approximate surface area is 125 Å². The van der Waals surface area contributed by atoms with E-state index in [1.54, 1.807) is 6.33 Å². The third-order valence-electron chi connectivity index (χ3n) is 3.92. The van der Waals surface area contributed by atoms with E-state index in [0.717, 1.165) is 30.2 Å². The number of aryl methyl sites for hydroxylation is 1. The maximum Gasteiger partial charge on any atom is 0.159 e. The number of para-hydroxylation sites is 1. The van der Waals surface area contributed by atoms with Gasteiger partial charge in [-0.1, -0.05) is 18.2 Å². The highest BCUT2D eigenvalue weighted by Gasteiger charge is 2.17. The number of piperidine rings is 1. The van der Waals surface area contributed by atoms with Crippen molar-refractivity contribution in [3.05, 3.63) is 36.2 Å². The van der Waals surface area contributed by atoms with Gasteiger partial charge in [-0.2, -0.15) is 0 Å². The molecule has 1 saturated heterocycles. The second kappa shape index (κ2) is 5.99. The van der Waals surface area contributed by atoms with Crippen LogP contribution in [0.3, 0.4) is 0 Å². The SMILES string of the molecule is Cc1ccccc1Nc1ncnc(N2CCCCC2)c1N. The van der Waals surface area contributed by atoms with Gasteiger partial charge in [0.1, 0.15) is 12.0 Å². The first-order valence-corrected chi connectivity index (χ1v) is 7.44. The third-order valence-corrected chi connectivity index (χ3v) is 3.92. The van der Waals surface area contributed by atoms with Crippen LogP contribution in [-0.4, -0.2) is 23.1 Å². The first-order valence-electron chi connectivity index (χ1n) is 7.44. The Morgan fingerprint density at radius 2 is 1.86 bits per heavy atom. The van der Waals surface area contributed by atoms with Gasteiger partial charge in [0.25, 0.3) is 0 Å². The highest BCUT2D eigenvalue weighted by molar-refractivity contribution is 5.78. The maximum atomic E-state index is 6.28. The predicted octanol–water partition coefficient (Wildman–Crippen LogP) is 3.10. The second-order valence-electron chi connectivity index (χ2n) is 5.45. The molecular weight excluding hydrogens is 262 g/mol. The summed E-state index contributed by atoms with van der Waals surface area (Å²) in [5.74, 6) is 1.53. The van der Waals surface area contributed by atoms with E-state index >= 15 is 0 Å². The summed E-state index contributed by atoms with van der Waals surface area (Å²) in [6.07, 6.45) is 5.27. The topological polar surface area (TPSA) is 67.1 Å². The van der Waals surface area contributed by atoms with E-state index in [0.29, 0.717) is 11.5 Å². The fourth-order valence-electron chi connectivity index (χ4n) is 2.68. The zero-order valence-electron chi connectivity index (χ0n) is 12.3. The molecule has 0 aliphatic carbocycles. The minimum Gasteiger partial charge on any atom is -0.393 e. The molecule has 2 heterocycles. The fraction of sp³-hybridized carbons (Fsp3) is 0.375. The normalized spacial score (nSPS) is 15.0. The maximum absolute atomic E-state index is 6.28. The van der Waals surface area contributed by atoms with E-state index in [1.165, 1.54) is 19.3 Å². The molecule has 5 nitrogen and oxygen atoms in total. The van der Waals surface area contributed by atoms with Crippen molar-refractivity contribution in [2.45, 2.75) is 26.2 Å². The molecule has 0 bridgehead atoms. The summed E-state index contributed by atoms with van der Waals surface area (Å²) >= 11 is 0. The Kier molecular flexibility index (Phi) is 3.90. The first kappa shape index (κ1) is 13.7. The molecule has 1 aliphatic heterocycles. The van der Waals surface area contributed by atoms with E-state index in [1.807, 2.05) is 18.2 Å². The number of anilines is 4. The monoisotopic (exact) mass is 283 g/mol. The molecule has 3 N–H and O–H groups in total. The van der Waals surface area contributed by atoms with Gasteiger partial charge in [-0.05, 0) is 37.8 Å². The number of nitrogens with two attached hydrogens (primary N) is 1. The molecule has 1 aromatic carbocycles. The minimum atomic E-state index is 0.627. The number of nitrogens with one attached hydrogen (secondary N) is 1. The van der Waals surface area contributed by atoms with Gasteiger partial charge in [0.15, 0.2) is 11.6 Å². The summed E-state index contributed by atoms with van der Waals surface area (Å²) in [7, 11) is 0. The fourth-order valence-corrected chi connectivity index (χ4v) is 2.68. The molecule has 3 rings (SSSR count). The van der Waals surface area contributed by atoms with Gasteiger partial charge in [-0.25, -0.2) is 9.97 Å². The summed E-state index contributed by atoms with van der Waals surface area (Å²) in [4.78, 5) is 10.9. The van der Waals surface area contributed by atoms with Crippen molar-refractivity contribution in [3.63, 3.8) is 0 Å². The molecule has 21 heavy (non-hydrogen) atoms. The van der Waals surface area contributed by atoms with Gasteiger partial charge in [-0.3, -0.25) is 0 Å². The molecule has 110 valence electrons. The summed E-state index contributed by atoms with van der Waals surface area (Å²) in [5.41, 5.74) is 9.09. The van der Waals surface area contributed by atoms with Crippen LogP contribution in [-0.2, 0) is 0 Å². The van der Waals surface area contributed by atoms with Gasteiger partial charge in [0.2, 0.25) is 0 Å². The molecule has 1 fully saturated rings. The molecule has 1 aliphatic rings. The lowest BCUT2D eigenvalue weighted by atomic mass is 10.1. The van der Waals surface area contributed by atoms with Crippen LogP contribution in [0.5, 0.6) is 0 Å². The number of nitrogens with zero attached hydrogens (tertiary/aromatic N) is 3. The van der Waals surface area contributed by atoms with Gasteiger partial charge in [0.05, 0.1) is 0 Å². The van der Waals surface area contributed by atoms with E-state index in [9.17, 15) is 0 Å². The summed E-state index contributed by atoms with van der Waals surface area (Å²) in [5, 5.41) is 3.32. The Morgan fingerprint density at radius 1 is 1.10 bits per heavy atom. The van der Waals surface area contributed by atoms with Crippen LogP contribution in [0.15, 0.2) is 30.6 Å². The lowest BCUT2D eigenvalue weighted by molar-refractivity contribution is 0.574. The van der Waals surface area contributed by atoms with Crippen LogP contribution in [0, 0.1) is 6.92 Å². The molecular formula is C16H21N5. The minimum absolute atomic E-state index is 0.627. The standard InChI is InChI=1S/C16H21N5/c1-12-7-3-4-8-13(12)20-15-14(17)16(19-11-18-15)21-9-5-2-6-10-21/h3-4,7-8,11H,2,5-6,9-10,17H2,1H3,(H,18,19,20). The van der Waals surface area contributed by atoms with Gasteiger partial charge in [0, 0.05) is 18.8 Å². The highest BCUT2D eigenvalue weighted by Crippen LogP contribution is 2.30. The second-order valence-corrected chi connectivity index (χ2v) is 5.45. The molecule has 0 atom stereocenters. The van der Waals surface area contributed by atoms with Crippen molar-refractivity contribution in [2.24, 2.45) is 0 Å². The zero-order valence-corrected chi connectivity index (χ0v) is 12.3. The Balaban J connectivity index is 1.88. The predicted molar refractivity (Wildman–Crippen MR) is 87.0 cm³/mol. The Bertz CT molecular complexity index is 620. The van der Waals surface area contributed by atoms with Crippen LogP contribution in [0.1, 0.15) is 24.8 Å². The molecule has 0 amide bonds. The van der Waals surface area contributed by atoms with Crippen LogP contribution in [0.4, 0.5) is 23.0 Å². The highest BCUT2D eigenvalue weighted by atomic mass is 15.2. The molecule has 0 radical (unpaired) electrons. The Hall–Kier alpha value is -2.30. The van der Waals surface area contributed by atoms with Crippen molar-refractivity contribution in [1.82, 2.24) is 9.97 Å². The molecule has 2 aromatic rings. The van der Waals surface area contributed by atoms with Gasteiger partial charge < -0.3 is 16.0 Å². The van der Waals surface area contributed by atoms with Crippen LogP contribution < -0.4 is 16.0 Å². The third kappa shape index (κ3) is 2.91. The zero-order chi connectivity index (χ0) is 14.7. The smallest absolute Gasteiger partial charge is 0.159 e. The molecule has 5 heteroatoms. The average Bonchev–Trinajstić information content (AvgIpc) is 2.52. The van der Waals surface area contributed by atoms with E-state index < -0.39 is 0 Å². The molecule has 0 spiro atoms.